The molecule has 2 rings (SSSR count). The zero-order valence-electron chi connectivity index (χ0n) is 12.1. The van der Waals surface area contributed by atoms with Gasteiger partial charge in [-0.15, -0.1) is 0 Å². The summed E-state index contributed by atoms with van der Waals surface area (Å²) in [5.74, 6) is 0.647. The van der Waals surface area contributed by atoms with Crippen molar-refractivity contribution in [3.63, 3.8) is 0 Å². The second-order valence-electron chi connectivity index (χ2n) is 4.71. The van der Waals surface area contributed by atoms with Crippen LogP contribution in [0, 0.1) is 6.92 Å². The van der Waals surface area contributed by atoms with Crippen LogP contribution in [-0.4, -0.2) is 27.7 Å². The van der Waals surface area contributed by atoms with Crippen molar-refractivity contribution in [2.75, 3.05) is 6.61 Å². The molecule has 3 N–H and O–H groups in total. The Bertz CT molecular complexity index is 634. The number of carbonyl (C=O) groups is 1. The molecule has 2 amide bonds. The van der Waals surface area contributed by atoms with E-state index in [1.165, 1.54) is 0 Å². The van der Waals surface area contributed by atoms with Gasteiger partial charge in [0.05, 0.1) is 24.9 Å². The topological polar surface area (TPSA) is 87.1 Å². The molecule has 0 aliphatic heterocycles. The number of nitrogens with one attached hydrogen (secondary N) is 2. The molecule has 1 atom stereocenters. The van der Waals surface area contributed by atoms with Gasteiger partial charge in [-0.1, -0.05) is 23.7 Å². The second kappa shape index (κ2) is 7.72. The van der Waals surface area contributed by atoms with Crippen molar-refractivity contribution in [2.24, 2.45) is 0 Å². The van der Waals surface area contributed by atoms with Gasteiger partial charge in [0.2, 0.25) is 0 Å². The first-order valence-electron chi connectivity index (χ1n) is 6.77. The van der Waals surface area contributed by atoms with Crippen molar-refractivity contribution < 1.29 is 9.90 Å². The van der Waals surface area contributed by atoms with Gasteiger partial charge in [-0.3, -0.25) is 0 Å². The smallest absolute Gasteiger partial charge is 0.315 e. The van der Waals surface area contributed by atoms with Gasteiger partial charge in [-0.25, -0.2) is 14.8 Å². The monoisotopic (exact) mass is 320 g/mol. The molecule has 1 aromatic heterocycles. The lowest BCUT2D eigenvalue weighted by molar-refractivity contribution is 0.216. The highest BCUT2D eigenvalue weighted by Crippen LogP contribution is 2.16. The van der Waals surface area contributed by atoms with Gasteiger partial charge in [0.1, 0.15) is 5.82 Å². The standard InChI is InChI=1S/C15H17ClN4O2/c1-10-17-7-6-13(19-10)8-18-15(22)20-14(9-21)11-2-4-12(16)5-3-11/h2-7,14,21H,8-9H2,1H3,(H2,18,20,22). The fraction of sp³-hybridized carbons (Fsp3) is 0.267. The number of aliphatic hydroxyl groups is 1. The molecule has 2 aromatic rings. The van der Waals surface area contributed by atoms with Crippen molar-refractivity contribution in [1.29, 1.82) is 0 Å². The van der Waals surface area contributed by atoms with Crippen molar-refractivity contribution in [1.82, 2.24) is 20.6 Å². The molecule has 0 aliphatic rings. The summed E-state index contributed by atoms with van der Waals surface area (Å²) in [6.45, 7) is 1.86. The van der Waals surface area contributed by atoms with Crippen molar-refractivity contribution in [3.05, 3.63) is 58.6 Å². The third kappa shape index (κ3) is 4.68. The molecule has 0 saturated heterocycles. The Labute approximate surface area is 133 Å². The Morgan fingerprint density at radius 1 is 1.32 bits per heavy atom. The lowest BCUT2D eigenvalue weighted by Crippen LogP contribution is -2.39. The number of halogens is 1. The number of amides is 2. The number of benzene rings is 1. The van der Waals surface area contributed by atoms with Crippen LogP contribution in [0.15, 0.2) is 36.5 Å². The van der Waals surface area contributed by atoms with E-state index in [2.05, 4.69) is 20.6 Å². The van der Waals surface area contributed by atoms with Gasteiger partial charge in [0.15, 0.2) is 0 Å². The quantitative estimate of drug-likeness (QED) is 0.786. The Morgan fingerprint density at radius 3 is 2.68 bits per heavy atom. The minimum atomic E-state index is -0.496. The van der Waals surface area contributed by atoms with E-state index in [4.69, 9.17) is 11.6 Å². The number of hydrogen-bond donors (Lipinski definition) is 3. The largest absolute Gasteiger partial charge is 0.394 e. The molecular weight excluding hydrogens is 304 g/mol. The van der Waals surface area contributed by atoms with E-state index in [1.807, 2.05) is 0 Å². The molecular formula is C15H17ClN4O2. The van der Waals surface area contributed by atoms with Crippen LogP contribution in [0.25, 0.3) is 0 Å². The van der Waals surface area contributed by atoms with Crippen LogP contribution in [0.2, 0.25) is 5.02 Å². The molecule has 0 radical (unpaired) electrons. The lowest BCUT2D eigenvalue weighted by Gasteiger charge is -2.17. The van der Waals surface area contributed by atoms with Gasteiger partial charge in [-0.2, -0.15) is 0 Å². The molecule has 1 unspecified atom stereocenters. The molecule has 22 heavy (non-hydrogen) atoms. The number of urea groups is 1. The van der Waals surface area contributed by atoms with E-state index in [-0.39, 0.29) is 19.2 Å². The average Bonchev–Trinajstić information content (AvgIpc) is 2.52. The highest BCUT2D eigenvalue weighted by Gasteiger charge is 2.13. The first kappa shape index (κ1) is 16.2. The fourth-order valence-corrected chi connectivity index (χ4v) is 2.04. The van der Waals surface area contributed by atoms with E-state index in [1.54, 1.807) is 43.5 Å². The van der Waals surface area contributed by atoms with Crippen LogP contribution in [-0.2, 0) is 6.54 Å². The summed E-state index contributed by atoms with van der Waals surface area (Å²) >= 11 is 5.82. The van der Waals surface area contributed by atoms with Crippen LogP contribution in [0.3, 0.4) is 0 Å². The first-order valence-corrected chi connectivity index (χ1v) is 7.15. The van der Waals surface area contributed by atoms with Crippen LogP contribution < -0.4 is 10.6 Å². The Balaban J connectivity index is 1.90. The molecule has 6 nitrogen and oxygen atoms in total. The summed E-state index contributed by atoms with van der Waals surface area (Å²) < 4.78 is 0. The van der Waals surface area contributed by atoms with E-state index in [0.717, 1.165) is 11.3 Å². The van der Waals surface area contributed by atoms with Crippen LogP contribution in [0.4, 0.5) is 4.79 Å². The van der Waals surface area contributed by atoms with Gasteiger partial charge in [0.25, 0.3) is 0 Å². The molecule has 1 aromatic carbocycles. The summed E-state index contributed by atoms with van der Waals surface area (Å²) in [5, 5.41) is 15.4. The Morgan fingerprint density at radius 2 is 2.05 bits per heavy atom. The fourth-order valence-electron chi connectivity index (χ4n) is 1.91. The number of nitrogens with zero attached hydrogens (tertiary/aromatic N) is 2. The van der Waals surface area contributed by atoms with Gasteiger partial charge < -0.3 is 15.7 Å². The molecule has 0 saturated carbocycles. The van der Waals surface area contributed by atoms with E-state index in [0.29, 0.717) is 10.8 Å². The number of aryl methyl sites for hydroxylation is 1. The Kier molecular flexibility index (Phi) is 5.68. The zero-order valence-corrected chi connectivity index (χ0v) is 12.8. The Hall–Kier alpha value is -2.18. The van der Waals surface area contributed by atoms with E-state index >= 15 is 0 Å². The second-order valence-corrected chi connectivity index (χ2v) is 5.15. The third-order valence-corrected chi connectivity index (χ3v) is 3.28. The lowest BCUT2D eigenvalue weighted by atomic mass is 10.1. The third-order valence-electron chi connectivity index (χ3n) is 3.02. The molecule has 1 heterocycles. The highest BCUT2D eigenvalue weighted by molar-refractivity contribution is 6.30. The van der Waals surface area contributed by atoms with Crippen LogP contribution >= 0.6 is 11.6 Å². The number of aromatic nitrogens is 2. The number of aliphatic hydroxyl groups excluding tert-OH is 1. The number of carbonyl (C=O) groups excluding carboxylic acids is 1. The van der Waals surface area contributed by atoms with Gasteiger partial charge in [-0.05, 0) is 30.7 Å². The van der Waals surface area contributed by atoms with Crippen molar-refractivity contribution in [3.8, 4) is 0 Å². The summed E-state index contributed by atoms with van der Waals surface area (Å²) in [7, 11) is 0. The molecule has 0 aliphatic carbocycles. The predicted molar refractivity (Wildman–Crippen MR) is 83.4 cm³/mol. The maximum Gasteiger partial charge on any atom is 0.315 e. The van der Waals surface area contributed by atoms with E-state index in [9.17, 15) is 9.90 Å². The zero-order chi connectivity index (χ0) is 15.9. The molecule has 116 valence electrons. The maximum atomic E-state index is 11.9. The SMILES string of the molecule is Cc1nccc(CNC(=O)NC(CO)c2ccc(Cl)cc2)n1. The molecule has 7 heteroatoms. The maximum absolute atomic E-state index is 11.9. The number of hydrogen-bond acceptors (Lipinski definition) is 4. The first-order chi connectivity index (χ1) is 10.6. The highest BCUT2D eigenvalue weighted by atomic mass is 35.5. The van der Waals surface area contributed by atoms with Gasteiger partial charge in [0, 0.05) is 11.2 Å². The van der Waals surface area contributed by atoms with Crippen molar-refractivity contribution in [2.45, 2.75) is 19.5 Å². The molecule has 0 spiro atoms. The van der Waals surface area contributed by atoms with Crippen LogP contribution in [0.5, 0.6) is 0 Å². The molecule has 0 fully saturated rings. The summed E-state index contributed by atoms with van der Waals surface area (Å²) in [5.41, 5.74) is 1.50. The predicted octanol–water partition coefficient (Wildman–Crippen LogP) is 1.97. The van der Waals surface area contributed by atoms with Gasteiger partial charge >= 0.3 is 6.03 Å². The van der Waals surface area contributed by atoms with E-state index < -0.39 is 6.04 Å². The normalized spacial score (nSPS) is 11.8. The molecule has 0 bridgehead atoms. The summed E-state index contributed by atoms with van der Waals surface area (Å²) in [4.78, 5) is 20.1. The van der Waals surface area contributed by atoms with Crippen LogP contribution in [0.1, 0.15) is 23.1 Å². The summed E-state index contributed by atoms with van der Waals surface area (Å²) in [6.07, 6.45) is 1.64. The van der Waals surface area contributed by atoms with Crippen molar-refractivity contribution >= 4 is 17.6 Å². The minimum absolute atomic E-state index is 0.207. The minimum Gasteiger partial charge on any atom is -0.394 e. The summed E-state index contributed by atoms with van der Waals surface area (Å²) in [6, 6.07) is 7.80. The number of rotatable bonds is 5. The average molecular weight is 321 g/mol.